The van der Waals surface area contributed by atoms with Crippen LogP contribution in [0.25, 0.3) is 0 Å². The lowest BCUT2D eigenvalue weighted by molar-refractivity contribution is -0.914. The summed E-state index contributed by atoms with van der Waals surface area (Å²) in [7, 11) is 0. The van der Waals surface area contributed by atoms with Gasteiger partial charge in [-0.05, 0) is 44.0 Å². The van der Waals surface area contributed by atoms with E-state index in [1.165, 1.54) is 4.90 Å². The van der Waals surface area contributed by atoms with Crippen molar-refractivity contribution < 1.29 is 9.69 Å². The van der Waals surface area contributed by atoms with Gasteiger partial charge in [0.05, 0.1) is 26.2 Å². The fourth-order valence-electron chi connectivity index (χ4n) is 3.18. The smallest absolute Gasteiger partial charge is 0.282 e. The quantitative estimate of drug-likeness (QED) is 0.865. The predicted octanol–water partition coefficient (Wildman–Crippen LogP) is 0.826. The highest BCUT2D eigenvalue weighted by molar-refractivity contribution is 5.94. The summed E-state index contributed by atoms with van der Waals surface area (Å²) in [6.45, 7) is 9.59. The summed E-state index contributed by atoms with van der Waals surface area (Å²) in [5.41, 5.74) is 3.15. The summed E-state index contributed by atoms with van der Waals surface area (Å²) in [6, 6.07) is 7.87. The Bertz CT molecular complexity index is 726. The summed E-state index contributed by atoms with van der Waals surface area (Å²) >= 11 is 0. The molecule has 1 aromatic heterocycles. The number of hydrogen-bond acceptors (Lipinski definition) is 4. The summed E-state index contributed by atoms with van der Waals surface area (Å²) < 4.78 is 0. The highest BCUT2D eigenvalue weighted by Gasteiger charge is 2.30. The highest BCUT2D eigenvalue weighted by Crippen LogP contribution is 2.16. The first kappa shape index (κ1) is 17.4. The van der Waals surface area contributed by atoms with Crippen LogP contribution in [0.3, 0.4) is 0 Å². The first-order valence-corrected chi connectivity index (χ1v) is 8.79. The SMILES string of the molecule is Cc1ccc(C)c(NC(=O)[C@H](C)[NH+]2CCN(c3ncccn3)CC2)c1. The minimum Gasteiger partial charge on any atom is -0.330 e. The standard InChI is InChI=1S/C19H25N5O/c1-14-5-6-15(2)17(13-14)22-18(25)16(3)23-9-11-24(12-10-23)19-20-7-4-8-21-19/h4-8,13,16H,9-12H2,1-3H3,(H,22,25)/p+1/t16-/m0/s1. The molecule has 1 saturated heterocycles. The normalized spacial score (nSPS) is 16.5. The lowest BCUT2D eigenvalue weighted by Crippen LogP contribution is -3.19. The number of benzene rings is 1. The molecular formula is C19H26N5O+. The van der Waals surface area contributed by atoms with Crippen LogP contribution in [-0.4, -0.2) is 48.1 Å². The number of nitrogens with zero attached hydrogens (tertiary/aromatic N) is 3. The Hall–Kier alpha value is -2.47. The fraction of sp³-hybridized carbons (Fsp3) is 0.421. The van der Waals surface area contributed by atoms with Crippen LogP contribution in [-0.2, 0) is 4.79 Å². The van der Waals surface area contributed by atoms with Gasteiger partial charge >= 0.3 is 0 Å². The van der Waals surface area contributed by atoms with Crippen LogP contribution in [0.2, 0.25) is 0 Å². The Morgan fingerprint density at radius 2 is 1.88 bits per heavy atom. The second kappa shape index (κ2) is 7.61. The molecule has 0 bridgehead atoms. The molecule has 0 spiro atoms. The third-order valence-electron chi connectivity index (χ3n) is 4.90. The van der Waals surface area contributed by atoms with Gasteiger partial charge in [-0.25, -0.2) is 9.97 Å². The van der Waals surface area contributed by atoms with Gasteiger partial charge in [-0.2, -0.15) is 0 Å². The summed E-state index contributed by atoms with van der Waals surface area (Å²) in [5.74, 6) is 0.849. The molecule has 25 heavy (non-hydrogen) atoms. The molecule has 6 nitrogen and oxygen atoms in total. The predicted molar refractivity (Wildman–Crippen MR) is 98.9 cm³/mol. The highest BCUT2D eigenvalue weighted by atomic mass is 16.2. The number of rotatable bonds is 4. The number of piperazine rings is 1. The fourth-order valence-corrected chi connectivity index (χ4v) is 3.18. The van der Waals surface area contributed by atoms with Crippen LogP contribution in [0, 0.1) is 13.8 Å². The van der Waals surface area contributed by atoms with Gasteiger partial charge in [0.2, 0.25) is 5.95 Å². The molecule has 1 amide bonds. The molecule has 0 saturated carbocycles. The van der Waals surface area contributed by atoms with Crippen molar-refractivity contribution in [2.75, 3.05) is 36.4 Å². The molecule has 6 heteroatoms. The maximum atomic E-state index is 12.7. The lowest BCUT2D eigenvalue weighted by atomic mass is 10.1. The summed E-state index contributed by atoms with van der Waals surface area (Å²) in [6.07, 6.45) is 3.53. The molecule has 1 aliphatic rings. The molecule has 0 radical (unpaired) electrons. The Morgan fingerprint density at radius 3 is 2.56 bits per heavy atom. The molecule has 132 valence electrons. The number of aromatic nitrogens is 2. The third-order valence-corrected chi connectivity index (χ3v) is 4.90. The van der Waals surface area contributed by atoms with E-state index in [0.717, 1.165) is 48.9 Å². The van der Waals surface area contributed by atoms with Crippen LogP contribution >= 0.6 is 0 Å². The monoisotopic (exact) mass is 340 g/mol. The van der Waals surface area contributed by atoms with E-state index in [-0.39, 0.29) is 11.9 Å². The second-order valence-electron chi connectivity index (χ2n) is 6.72. The van der Waals surface area contributed by atoms with E-state index in [4.69, 9.17) is 0 Å². The molecule has 2 aromatic rings. The first-order chi connectivity index (χ1) is 12.0. The maximum absolute atomic E-state index is 12.7. The van der Waals surface area contributed by atoms with E-state index in [0.29, 0.717) is 0 Å². The molecule has 3 rings (SSSR count). The van der Waals surface area contributed by atoms with Crippen molar-refractivity contribution in [3.05, 3.63) is 47.8 Å². The van der Waals surface area contributed by atoms with Crippen molar-refractivity contribution in [3.63, 3.8) is 0 Å². The van der Waals surface area contributed by atoms with Crippen LogP contribution in [0.15, 0.2) is 36.7 Å². The van der Waals surface area contributed by atoms with Gasteiger partial charge in [0.25, 0.3) is 5.91 Å². The molecule has 1 aromatic carbocycles. The van der Waals surface area contributed by atoms with Crippen LogP contribution < -0.4 is 15.1 Å². The van der Waals surface area contributed by atoms with Crippen molar-refractivity contribution in [3.8, 4) is 0 Å². The van der Waals surface area contributed by atoms with Crippen molar-refractivity contribution in [2.24, 2.45) is 0 Å². The molecule has 2 N–H and O–H groups in total. The number of nitrogens with one attached hydrogen (secondary N) is 2. The minimum atomic E-state index is -0.0845. The van der Waals surface area contributed by atoms with Crippen LogP contribution in [0.4, 0.5) is 11.6 Å². The van der Waals surface area contributed by atoms with E-state index >= 15 is 0 Å². The molecule has 1 fully saturated rings. The first-order valence-electron chi connectivity index (χ1n) is 8.79. The number of amides is 1. The average molecular weight is 340 g/mol. The molecule has 1 atom stereocenters. The third kappa shape index (κ3) is 4.14. The number of carbonyl (C=O) groups excluding carboxylic acids is 1. The van der Waals surface area contributed by atoms with E-state index in [1.807, 2.05) is 39.0 Å². The molecule has 1 aliphatic heterocycles. The van der Waals surface area contributed by atoms with Crippen molar-refractivity contribution in [1.29, 1.82) is 0 Å². The van der Waals surface area contributed by atoms with Crippen molar-refractivity contribution in [1.82, 2.24) is 9.97 Å². The van der Waals surface area contributed by atoms with Crippen LogP contribution in [0.5, 0.6) is 0 Å². The van der Waals surface area contributed by atoms with Gasteiger partial charge in [0.1, 0.15) is 0 Å². The number of carbonyl (C=O) groups is 1. The Kier molecular flexibility index (Phi) is 5.28. The van der Waals surface area contributed by atoms with E-state index in [1.54, 1.807) is 12.4 Å². The van der Waals surface area contributed by atoms with Crippen molar-refractivity contribution in [2.45, 2.75) is 26.8 Å². The van der Waals surface area contributed by atoms with Gasteiger partial charge in [-0.3, -0.25) is 4.79 Å². The molecule has 2 heterocycles. The van der Waals surface area contributed by atoms with E-state index < -0.39 is 0 Å². The van der Waals surface area contributed by atoms with Gasteiger partial charge in [0, 0.05) is 18.1 Å². The van der Waals surface area contributed by atoms with Gasteiger partial charge in [-0.1, -0.05) is 12.1 Å². The Balaban J connectivity index is 1.57. The number of hydrogen-bond donors (Lipinski definition) is 2. The summed E-state index contributed by atoms with van der Waals surface area (Å²) in [4.78, 5) is 24.8. The van der Waals surface area contributed by atoms with E-state index in [2.05, 4.69) is 26.3 Å². The zero-order chi connectivity index (χ0) is 17.8. The average Bonchev–Trinajstić information content (AvgIpc) is 2.65. The van der Waals surface area contributed by atoms with Gasteiger partial charge in [-0.15, -0.1) is 0 Å². The zero-order valence-electron chi connectivity index (χ0n) is 15.1. The zero-order valence-corrected chi connectivity index (χ0v) is 15.1. The number of quaternary nitrogens is 1. The molecular weight excluding hydrogens is 314 g/mol. The van der Waals surface area contributed by atoms with Gasteiger partial charge in [0.15, 0.2) is 6.04 Å². The Morgan fingerprint density at radius 1 is 1.20 bits per heavy atom. The topological polar surface area (TPSA) is 62.6 Å². The number of aryl methyl sites for hydroxylation is 2. The maximum Gasteiger partial charge on any atom is 0.282 e. The van der Waals surface area contributed by atoms with Crippen LogP contribution in [0.1, 0.15) is 18.1 Å². The Labute approximate surface area is 148 Å². The van der Waals surface area contributed by atoms with E-state index in [9.17, 15) is 4.79 Å². The second-order valence-corrected chi connectivity index (χ2v) is 6.72. The largest absolute Gasteiger partial charge is 0.330 e. The summed E-state index contributed by atoms with van der Waals surface area (Å²) in [5, 5.41) is 3.09. The van der Waals surface area contributed by atoms with Gasteiger partial charge < -0.3 is 15.1 Å². The lowest BCUT2D eigenvalue weighted by Gasteiger charge is -2.34. The van der Waals surface area contributed by atoms with Crippen molar-refractivity contribution >= 4 is 17.5 Å². The molecule has 0 aliphatic carbocycles. The number of anilines is 2. The molecule has 0 unspecified atom stereocenters. The minimum absolute atomic E-state index is 0.0770.